The third kappa shape index (κ3) is 3.51. The van der Waals surface area contributed by atoms with Gasteiger partial charge in [0.1, 0.15) is 6.04 Å². The second-order valence-corrected chi connectivity index (χ2v) is 6.68. The first-order valence-corrected chi connectivity index (χ1v) is 8.47. The minimum absolute atomic E-state index is 0.0528. The Hall–Kier alpha value is -2.54. The highest BCUT2D eigenvalue weighted by molar-refractivity contribution is 7.12. The topological polar surface area (TPSA) is 76.7 Å². The molecule has 1 atom stereocenters. The molecule has 1 aliphatic rings. The van der Waals surface area contributed by atoms with Crippen LogP contribution < -0.4 is 20.1 Å². The lowest BCUT2D eigenvalue weighted by Gasteiger charge is -2.21. The molecule has 24 heavy (non-hydrogen) atoms. The molecule has 6 nitrogen and oxygen atoms in total. The molecule has 0 fully saturated rings. The van der Waals surface area contributed by atoms with E-state index in [4.69, 9.17) is 9.47 Å². The largest absolute Gasteiger partial charge is 0.454 e. The van der Waals surface area contributed by atoms with Gasteiger partial charge in [-0.05, 0) is 29.5 Å². The fourth-order valence-corrected chi connectivity index (χ4v) is 2.98. The summed E-state index contributed by atoms with van der Waals surface area (Å²) >= 11 is 1.34. The molecule has 0 spiro atoms. The molecule has 126 valence electrons. The van der Waals surface area contributed by atoms with Crippen LogP contribution in [0, 0.1) is 5.92 Å². The molecule has 0 bridgehead atoms. The van der Waals surface area contributed by atoms with Gasteiger partial charge in [-0.25, -0.2) is 0 Å². The zero-order valence-corrected chi connectivity index (χ0v) is 14.2. The number of ether oxygens (including phenoxy) is 2. The van der Waals surface area contributed by atoms with Crippen molar-refractivity contribution in [2.75, 3.05) is 12.1 Å². The van der Waals surface area contributed by atoms with Crippen molar-refractivity contribution in [1.29, 1.82) is 0 Å². The number of carbonyl (C=O) groups is 2. The molecule has 0 unspecified atom stereocenters. The van der Waals surface area contributed by atoms with E-state index in [0.717, 1.165) is 0 Å². The van der Waals surface area contributed by atoms with Crippen LogP contribution in [0.1, 0.15) is 23.5 Å². The summed E-state index contributed by atoms with van der Waals surface area (Å²) in [6, 6.07) is 8.09. The second-order valence-electron chi connectivity index (χ2n) is 5.73. The Morgan fingerprint density at radius 3 is 2.67 bits per heavy atom. The van der Waals surface area contributed by atoms with Crippen LogP contribution in [0.25, 0.3) is 0 Å². The number of hydrogen-bond acceptors (Lipinski definition) is 5. The lowest BCUT2D eigenvalue weighted by Crippen LogP contribution is -2.46. The highest BCUT2D eigenvalue weighted by atomic mass is 32.1. The number of rotatable bonds is 5. The van der Waals surface area contributed by atoms with Crippen molar-refractivity contribution >= 4 is 28.8 Å². The summed E-state index contributed by atoms with van der Waals surface area (Å²) in [7, 11) is 0. The molecule has 2 aromatic rings. The SMILES string of the molecule is CC(C)[C@H](NC(=O)c1cccs1)C(=O)Nc1ccc2c(c1)OCO2. The van der Waals surface area contributed by atoms with Gasteiger partial charge in [0, 0.05) is 11.8 Å². The Labute approximate surface area is 143 Å². The van der Waals surface area contributed by atoms with Crippen LogP contribution in [-0.4, -0.2) is 24.6 Å². The summed E-state index contributed by atoms with van der Waals surface area (Å²) in [4.78, 5) is 25.4. The Bertz CT molecular complexity index is 743. The van der Waals surface area contributed by atoms with E-state index in [1.54, 1.807) is 30.3 Å². The number of fused-ring (bicyclic) bond motifs is 1. The summed E-state index contributed by atoms with van der Waals surface area (Å²) in [5, 5.41) is 7.44. The highest BCUT2D eigenvalue weighted by Crippen LogP contribution is 2.34. The minimum Gasteiger partial charge on any atom is -0.454 e. The maximum absolute atomic E-state index is 12.6. The third-order valence-corrected chi connectivity index (χ3v) is 4.49. The average Bonchev–Trinajstić information content (AvgIpc) is 3.22. The van der Waals surface area contributed by atoms with Crippen molar-refractivity contribution in [1.82, 2.24) is 5.32 Å². The van der Waals surface area contributed by atoms with Gasteiger partial charge in [-0.2, -0.15) is 0 Å². The number of benzene rings is 1. The quantitative estimate of drug-likeness (QED) is 0.873. The summed E-state index contributed by atoms with van der Waals surface area (Å²) in [5.41, 5.74) is 0.597. The lowest BCUT2D eigenvalue weighted by molar-refractivity contribution is -0.118. The van der Waals surface area contributed by atoms with E-state index in [0.29, 0.717) is 22.1 Å². The molecule has 2 N–H and O–H groups in total. The van der Waals surface area contributed by atoms with Gasteiger partial charge in [0.25, 0.3) is 5.91 Å². The zero-order chi connectivity index (χ0) is 17.1. The summed E-state index contributed by atoms with van der Waals surface area (Å²) in [6.07, 6.45) is 0. The van der Waals surface area contributed by atoms with Gasteiger partial charge in [-0.3, -0.25) is 9.59 Å². The smallest absolute Gasteiger partial charge is 0.262 e. The van der Waals surface area contributed by atoms with Crippen LogP contribution >= 0.6 is 11.3 Å². The standard InChI is InChI=1S/C17H18N2O4S/c1-10(2)15(19-16(20)14-4-3-7-24-14)17(21)18-11-5-6-12-13(8-11)23-9-22-12/h3-8,10,15H,9H2,1-2H3,(H,18,21)(H,19,20)/t15-/m0/s1. The van der Waals surface area contributed by atoms with E-state index in [-0.39, 0.29) is 24.5 Å². The summed E-state index contributed by atoms with van der Waals surface area (Å²) in [6.45, 7) is 3.95. The Balaban J connectivity index is 1.69. The molecule has 2 amide bonds. The van der Waals surface area contributed by atoms with Crippen molar-refractivity contribution in [2.45, 2.75) is 19.9 Å². The molecule has 0 aliphatic carbocycles. The van der Waals surface area contributed by atoms with Crippen molar-refractivity contribution < 1.29 is 19.1 Å². The van der Waals surface area contributed by atoms with Gasteiger partial charge in [0.2, 0.25) is 12.7 Å². The number of amides is 2. The number of carbonyl (C=O) groups excluding carboxylic acids is 2. The van der Waals surface area contributed by atoms with Crippen molar-refractivity contribution in [3.8, 4) is 11.5 Å². The molecule has 1 aromatic heterocycles. The van der Waals surface area contributed by atoms with E-state index in [9.17, 15) is 9.59 Å². The summed E-state index contributed by atoms with van der Waals surface area (Å²) in [5.74, 6) is 0.678. The van der Waals surface area contributed by atoms with E-state index in [1.807, 2.05) is 19.2 Å². The molecule has 0 radical (unpaired) electrons. The van der Waals surface area contributed by atoms with Gasteiger partial charge >= 0.3 is 0 Å². The zero-order valence-electron chi connectivity index (χ0n) is 13.4. The highest BCUT2D eigenvalue weighted by Gasteiger charge is 2.25. The molecular weight excluding hydrogens is 328 g/mol. The fourth-order valence-electron chi connectivity index (χ4n) is 2.35. The molecule has 2 heterocycles. The number of thiophene rings is 1. The normalized spacial score (nSPS) is 13.6. The first-order valence-electron chi connectivity index (χ1n) is 7.59. The van der Waals surface area contributed by atoms with Gasteiger partial charge in [-0.1, -0.05) is 19.9 Å². The first kappa shape index (κ1) is 16.3. The minimum atomic E-state index is -0.634. The van der Waals surface area contributed by atoms with E-state index in [2.05, 4.69) is 10.6 Å². The molecule has 0 saturated carbocycles. The fraction of sp³-hybridized carbons (Fsp3) is 0.294. The maximum Gasteiger partial charge on any atom is 0.262 e. The lowest BCUT2D eigenvalue weighted by atomic mass is 10.0. The van der Waals surface area contributed by atoms with Crippen molar-refractivity contribution in [2.24, 2.45) is 5.92 Å². The molecular formula is C17H18N2O4S. The molecule has 0 saturated heterocycles. The van der Waals surface area contributed by atoms with Gasteiger partial charge in [0.05, 0.1) is 4.88 Å². The van der Waals surface area contributed by atoms with Gasteiger partial charge in [0.15, 0.2) is 11.5 Å². The Morgan fingerprint density at radius 2 is 1.96 bits per heavy atom. The number of anilines is 1. The first-order chi connectivity index (χ1) is 11.5. The third-order valence-electron chi connectivity index (χ3n) is 3.62. The monoisotopic (exact) mass is 346 g/mol. The molecule has 3 rings (SSSR count). The van der Waals surface area contributed by atoms with Crippen molar-refractivity contribution in [3.63, 3.8) is 0 Å². The van der Waals surface area contributed by atoms with Gasteiger partial charge in [-0.15, -0.1) is 11.3 Å². The predicted octanol–water partition coefficient (Wildman–Crippen LogP) is 2.87. The van der Waals surface area contributed by atoms with Crippen LogP contribution in [0.5, 0.6) is 11.5 Å². The Kier molecular flexibility index (Phi) is 4.71. The van der Waals surface area contributed by atoms with Gasteiger partial charge < -0.3 is 20.1 Å². The predicted molar refractivity (Wildman–Crippen MR) is 91.6 cm³/mol. The van der Waals surface area contributed by atoms with Crippen LogP contribution in [0.2, 0.25) is 0 Å². The van der Waals surface area contributed by atoms with E-state index >= 15 is 0 Å². The second kappa shape index (κ2) is 6.92. The maximum atomic E-state index is 12.6. The van der Waals surface area contributed by atoms with Crippen LogP contribution in [0.15, 0.2) is 35.7 Å². The number of nitrogens with one attached hydrogen (secondary N) is 2. The molecule has 1 aromatic carbocycles. The Morgan fingerprint density at radius 1 is 1.17 bits per heavy atom. The van der Waals surface area contributed by atoms with Crippen molar-refractivity contribution in [3.05, 3.63) is 40.6 Å². The molecule has 1 aliphatic heterocycles. The van der Waals surface area contributed by atoms with E-state index < -0.39 is 6.04 Å². The van der Waals surface area contributed by atoms with Crippen LogP contribution in [0.4, 0.5) is 5.69 Å². The number of hydrogen-bond donors (Lipinski definition) is 2. The average molecular weight is 346 g/mol. The van der Waals surface area contributed by atoms with E-state index in [1.165, 1.54) is 11.3 Å². The van der Waals surface area contributed by atoms with Crippen LogP contribution in [-0.2, 0) is 4.79 Å². The molecule has 7 heteroatoms. The van der Waals surface area contributed by atoms with Crippen LogP contribution in [0.3, 0.4) is 0 Å². The summed E-state index contributed by atoms with van der Waals surface area (Å²) < 4.78 is 10.5.